The van der Waals surface area contributed by atoms with Gasteiger partial charge in [-0.3, -0.25) is 4.90 Å². The first kappa shape index (κ1) is 26.9. The van der Waals surface area contributed by atoms with Crippen LogP contribution in [0.25, 0.3) is 0 Å². The van der Waals surface area contributed by atoms with E-state index in [1.807, 2.05) is 0 Å². The minimum atomic E-state index is -1.81. The van der Waals surface area contributed by atoms with Gasteiger partial charge in [0.05, 0.1) is 12.1 Å². The van der Waals surface area contributed by atoms with Gasteiger partial charge in [-0.25, -0.2) is 0 Å². The molecule has 0 spiro atoms. The molecule has 1 fully saturated rings. The van der Waals surface area contributed by atoms with Crippen molar-refractivity contribution in [1.29, 1.82) is 0 Å². The Kier molecular flexibility index (Phi) is 8.31. The van der Waals surface area contributed by atoms with Crippen molar-refractivity contribution in [1.82, 2.24) is 4.90 Å². The van der Waals surface area contributed by atoms with E-state index in [2.05, 4.69) is 136 Å². The lowest BCUT2D eigenvalue weighted by Gasteiger charge is -2.48. The third-order valence-corrected chi connectivity index (χ3v) is 13.2. The van der Waals surface area contributed by atoms with Crippen LogP contribution in [0.15, 0.2) is 103 Å². The number of benzene rings is 3. The summed E-state index contributed by atoms with van der Waals surface area (Å²) in [4.78, 5) is 2.65. The fraction of sp³-hybridized carbons (Fsp3) is 0.375. The fourth-order valence-corrected chi connectivity index (χ4v) is 6.25. The van der Waals surface area contributed by atoms with Crippen molar-refractivity contribution >= 4 is 20.9 Å². The first-order valence-electron chi connectivity index (χ1n) is 13.1. The summed E-state index contributed by atoms with van der Waals surface area (Å²) in [7, 11) is -1.81. The highest BCUT2D eigenvalue weighted by atomic mass is 32.1. The molecule has 1 aliphatic rings. The van der Waals surface area contributed by atoms with Crippen LogP contribution in [0.4, 0.5) is 0 Å². The molecule has 0 radical (unpaired) electrons. The lowest BCUT2D eigenvalue weighted by atomic mass is 9.74. The van der Waals surface area contributed by atoms with Gasteiger partial charge in [-0.1, -0.05) is 118 Å². The second kappa shape index (κ2) is 11.1. The summed E-state index contributed by atoms with van der Waals surface area (Å²) in [6, 6.07) is 32.9. The predicted molar refractivity (Wildman–Crippen MR) is 159 cm³/mol. The zero-order chi connectivity index (χ0) is 25.8. The first-order valence-corrected chi connectivity index (χ1v) is 16.5. The van der Waals surface area contributed by atoms with Crippen LogP contribution in [0.5, 0.6) is 0 Å². The summed E-state index contributed by atoms with van der Waals surface area (Å²) >= 11 is 5.02. The highest BCUT2D eigenvalue weighted by molar-refractivity contribution is 7.81. The molecule has 1 aliphatic heterocycles. The van der Waals surface area contributed by atoms with Crippen LogP contribution in [-0.4, -0.2) is 38.2 Å². The average Bonchev–Trinajstić information content (AvgIpc) is 2.87. The third kappa shape index (κ3) is 5.42. The van der Waals surface area contributed by atoms with Crippen LogP contribution in [0.3, 0.4) is 0 Å². The number of piperidine rings is 1. The van der Waals surface area contributed by atoms with Gasteiger partial charge in [0.15, 0.2) is 8.32 Å². The largest absolute Gasteiger partial charge is 0.413 e. The Morgan fingerprint density at radius 1 is 0.833 bits per heavy atom. The third-order valence-electron chi connectivity index (χ3n) is 8.12. The number of nitrogens with zero attached hydrogens (tertiary/aromatic N) is 1. The van der Waals surface area contributed by atoms with Crippen molar-refractivity contribution in [3.05, 3.63) is 119 Å². The Balaban J connectivity index is 1.77. The first-order chi connectivity index (χ1) is 17.2. The van der Waals surface area contributed by atoms with Crippen LogP contribution in [-0.2, 0) is 9.96 Å². The Hall–Kier alpha value is -2.11. The van der Waals surface area contributed by atoms with Crippen molar-refractivity contribution in [2.75, 3.05) is 19.7 Å². The molecular weight excluding hydrogens is 475 g/mol. The van der Waals surface area contributed by atoms with E-state index in [-0.39, 0.29) is 10.3 Å². The van der Waals surface area contributed by atoms with Gasteiger partial charge in [-0.2, -0.15) is 12.6 Å². The van der Waals surface area contributed by atoms with E-state index in [0.717, 1.165) is 19.5 Å². The Labute approximate surface area is 224 Å². The van der Waals surface area contributed by atoms with Gasteiger partial charge in [-0.05, 0) is 46.8 Å². The second-order valence-corrected chi connectivity index (χ2v) is 16.8. The van der Waals surface area contributed by atoms with Gasteiger partial charge < -0.3 is 4.43 Å². The Morgan fingerprint density at radius 2 is 1.28 bits per heavy atom. The quantitative estimate of drug-likeness (QED) is 0.148. The lowest BCUT2D eigenvalue weighted by molar-refractivity contribution is 0.153. The molecule has 3 aromatic carbocycles. The van der Waals surface area contributed by atoms with Gasteiger partial charge in [-0.15, -0.1) is 0 Å². The van der Waals surface area contributed by atoms with E-state index in [1.54, 1.807) is 0 Å². The van der Waals surface area contributed by atoms with E-state index in [9.17, 15) is 0 Å². The van der Waals surface area contributed by atoms with E-state index in [0.29, 0.717) is 6.61 Å². The summed E-state index contributed by atoms with van der Waals surface area (Å²) < 4.78 is 6.53. The molecule has 0 saturated carbocycles. The smallest absolute Gasteiger partial charge is 0.192 e. The monoisotopic (exact) mass is 515 g/mol. The van der Waals surface area contributed by atoms with Crippen LogP contribution >= 0.6 is 12.6 Å². The van der Waals surface area contributed by atoms with Gasteiger partial charge in [0, 0.05) is 18.3 Å². The van der Waals surface area contributed by atoms with Crippen molar-refractivity contribution in [3.8, 4) is 0 Å². The minimum Gasteiger partial charge on any atom is -0.413 e. The maximum atomic E-state index is 6.53. The van der Waals surface area contributed by atoms with Crippen molar-refractivity contribution in [2.45, 2.75) is 56.1 Å². The lowest BCUT2D eigenvalue weighted by Crippen LogP contribution is -2.52. The average molecular weight is 516 g/mol. The fourth-order valence-electron chi connectivity index (χ4n) is 5.01. The summed E-state index contributed by atoms with van der Waals surface area (Å²) in [6.45, 7) is 14.0. The SMILES string of the molecule is CC(C)(C)[Si](C)(C)OC/C=C1\CN(C(c2ccccc2)(c2ccccc2)c2ccccc2)CCC1S. The summed E-state index contributed by atoms with van der Waals surface area (Å²) in [5.74, 6) is 0. The zero-order valence-electron chi connectivity index (χ0n) is 22.4. The molecule has 0 amide bonds. The maximum absolute atomic E-state index is 6.53. The topological polar surface area (TPSA) is 12.5 Å². The Bertz CT molecular complexity index is 1040. The van der Waals surface area contributed by atoms with Crippen molar-refractivity contribution in [3.63, 3.8) is 0 Å². The van der Waals surface area contributed by atoms with Crippen LogP contribution in [0, 0.1) is 0 Å². The normalized spacial score (nSPS) is 18.9. The van der Waals surface area contributed by atoms with Gasteiger partial charge in [0.25, 0.3) is 0 Å². The van der Waals surface area contributed by atoms with E-state index < -0.39 is 13.9 Å². The second-order valence-electron chi connectivity index (χ2n) is 11.4. The molecule has 0 aliphatic carbocycles. The van der Waals surface area contributed by atoms with Crippen molar-refractivity contribution < 1.29 is 4.43 Å². The van der Waals surface area contributed by atoms with Crippen LogP contribution in [0.2, 0.25) is 18.1 Å². The molecule has 1 unspecified atom stereocenters. The number of rotatable bonds is 7. The van der Waals surface area contributed by atoms with E-state index >= 15 is 0 Å². The summed E-state index contributed by atoms with van der Waals surface area (Å²) in [5.41, 5.74) is 4.83. The molecule has 1 saturated heterocycles. The molecule has 4 heteroatoms. The predicted octanol–water partition coefficient (Wildman–Crippen LogP) is 7.93. The van der Waals surface area contributed by atoms with Gasteiger partial charge in [0.2, 0.25) is 0 Å². The van der Waals surface area contributed by atoms with E-state index in [1.165, 1.54) is 22.3 Å². The highest BCUT2D eigenvalue weighted by Crippen LogP contribution is 2.44. The van der Waals surface area contributed by atoms with Crippen molar-refractivity contribution in [2.24, 2.45) is 0 Å². The molecule has 36 heavy (non-hydrogen) atoms. The van der Waals surface area contributed by atoms with Gasteiger partial charge in [0.1, 0.15) is 0 Å². The highest BCUT2D eigenvalue weighted by Gasteiger charge is 2.44. The molecule has 4 rings (SSSR count). The van der Waals surface area contributed by atoms with Crippen LogP contribution < -0.4 is 0 Å². The number of thiol groups is 1. The minimum absolute atomic E-state index is 0.202. The van der Waals surface area contributed by atoms with E-state index in [4.69, 9.17) is 17.1 Å². The number of hydrogen-bond donors (Lipinski definition) is 1. The standard InChI is InChI=1S/C32H41NOSSi/c1-31(2,3)36(4,5)34-24-22-26-25-33(23-21-30(26)35)32(27-15-9-6-10-16-27,28-17-11-7-12-18-28)29-19-13-8-14-20-29/h6-20,22,30,35H,21,23-25H2,1-5H3/b26-22+. The van der Waals surface area contributed by atoms with Crippen LogP contribution in [0.1, 0.15) is 43.9 Å². The Morgan fingerprint density at radius 3 is 1.69 bits per heavy atom. The van der Waals surface area contributed by atoms with Gasteiger partial charge >= 0.3 is 0 Å². The maximum Gasteiger partial charge on any atom is 0.192 e. The molecule has 0 N–H and O–H groups in total. The molecular formula is C32H41NOSSi. The molecule has 0 aromatic heterocycles. The molecule has 1 atom stereocenters. The molecule has 190 valence electrons. The summed E-state index contributed by atoms with van der Waals surface area (Å²) in [5, 5.41) is 0.456. The number of likely N-dealkylation sites (tertiary alicyclic amines) is 1. The molecule has 1 heterocycles. The molecule has 3 aromatic rings. The molecule has 2 nitrogen and oxygen atoms in total. The summed E-state index contributed by atoms with van der Waals surface area (Å²) in [6.07, 6.45) is 3.32. The zero-order valence-corrected chi connectivity index (χ0v) is 24.3. The number of hydrogen-bond acceptors (Lipinski definition) is 3. The molecule has 0 bridgehead atoms.